The SMILES string of the molecule is O=C(O)C[C@H]1CCCN(Cc2cccc3ccc(O[C@H]4CC[C@@H](C(F)(F)F)CC4)c(C(F)(F)F)c23)C1. The summed E-state index contributed by atoms with van der Waals surface area (Å²) in [7, 11) is 0. The first-order valence-electron chi connectivity index (χ1n) is 12.2. The number of benzene rings is 2. The van der Waals surface area contributed by atoms with E-state index in [0.717, 1.165) is 12.8 Å². The quantitative estimate of drug-likeness (QED) is 0.418. The number of halogens is 6. The summed E-state index contributed by atoms with van der Waals surface area (Å²) in [4.78, 5) is 13.1. The lowest BCUT2D eigenvalue weighted by Crippen LogP contribution is -2.35. The maximum atomic E-state index is 14.4. The van der Waals surface area contributed by atoms with Gasteiger partial charge in [0, 0.05) is 24.9 Å². The summed E-state index contributed by atoms with van der Waals surface area (Å²) in [5.74, 6) is -2.76. The molecule has 0 amide bonds. The van der Waals surface area contributed by atoms with Crippen LogP contribution >= 0.6 is 0 Å². The second kappa shape index (κ2) is 10.5. The van der Waals surface area contributed by atoms with E-state index in [1.807, 2.05) is 4.90 Å². The minimum atomic E-state index is -4.73. The number of aliphatic carboxylic acids is 1. The van der Waals surface area contributed by atoms with Gasteiger partial charge in [-0.05, 0) is 68.0 Å². The Kier molecular flexibility index (Phi) is 7.73. The summed E-state index contributed by atoms with van der Waals surface area (Å²) < 4.78 is 87.9. The van der Waals surface area contributed by atoms with Gasteiger partial charge >= 0.3 is 18.3 Å². The lowest BCUT2D eigenvalue weighted by atomic mass is 9.87. The Morgan fingerprint density at radius 3 is 2.36 bits per heavy atom. The van der Waals surface area contributed by atoms with Gasteiger partial charge in [0.2, 0.25) is 0 Å². The Morgan fingerprint density at radius 2 is 1.72 bits per heavy atom. The Balaban J connectivity index is 1.62. The molecule has 4 rings (SSSR count). The zero-order valence-electron chi connectivity index (χ0n) is 19.7. The third kappa shape index (κ3) is 6.25. The molecule has 198 valence electrons. The number of hydrogen-bond donors (Lipinski definition) is 1. The van der Waals surface area contributed by atoms with Crippen LogP contribution in [0, 0.1) is 11.8 Å². The lowest BCUT2D eigenvalue weighted by Gasteiger charge is -2.33. The Labute approximate surface area is 205 Å². The van der Waals surface area contributed by atoms with Crippen molar-refractivity contribution < 1.29 is 41.0 Å². The number of carboxylic acid groups (broad SMARTS) is 1. The highest BCUT2D eigenvalue weighted by Gasteiger charge is 2.43. The second-order valence-electron chi connectivity index (χ2n) is 9.93. The normalized spacial score (nSPS) is 24.1. The van der Waals surface area contributed by atoms with E-state index >= 15 is 0 Å². The lowest BCUT2D eigenvalue weighted by molar-refractivity contribution is -0.185. The van der Waals surface area contributed by atoms with Crippen molar-refractivity contribution in [2.45, 2.75) is 69.9 Å². The van der Waals surface area contributed by atoms with E-state index in [1.165, 1.54) is 6.07 Å². The van der Waals surface area contributed by atoms with Crippen LogP contribution in [0.2, 0.25) is 0 Å². The molecule has 0 bridgehead atoms. The van der Waals surface area contributed by atoms with E-state index in [2.05, 4.69) is 0 Å². The molecule has 0 radical (unpaired) electrons. The highest BCUT2D eigenvalue weighted by Crippen LogP contribution is 2.45. The summed E-state index contributed by atoms with van der Waals surface area (Å²) in [5.41, 5.74) is -0.449. The molecule has 0 aromatic heterocycles. The Bertz CT molecular complexity index is 1080. The number of nitrogens with zero attached hydrogens (tertiary/aromatic N) is 1. The van der Waals surface area contributed by atoms with Crippen molar-refractivity contribution in [3.8, 4) is 5.75 Å². The van der Waals surface area contributed by atoms with Gasteiger partial charge in [0.15, 0.2) is 0 Å². The van der Waals surface area contributed by atoms with E-state index in [-0.39, 0.29) is 55.7 Å². The topological polar surface area (TPSA) is 49.8 Å². The van der Waals surface area contributed by atoms with Gasteiger partial charge in [-0.3, -0.25) is 9.69 Å². The maximum absolute atomic E-state index is 14.4. The monoisotopic (exact) mass is 517 g/mol. The Morgan fingerprint density at radius 1 is 1.00 bits per heavy atom. The van der Waals surface area contributed by atoms with Crippen molar-refractivity contribution in [1.29, 1.82) is 0 Å². The van der Waals surface area contributed by atoms with Crippen molar-refractivity contribution in [3.63, 3.8) is 0 Å². The fraction of sp³-hybridized carbons (Fsp3) is 0.577. The van der Waals surface area contributed by atoms with Crippen molar-refractivity contribution in [1.82, 2.24) is 4.90 Å². The maximum Gasteiger partial charge on any atom is 0.420 e. The first-order chi connectivity index (χ1) is 16.9. The van der Waals surface area contributed by atoms with Crippen molar-refractivity contribution in [2.75, 3.05) is 13.1 Å². The van der Waals surface area contributed by atoms with Gasteiger partial charge in [-0.1, -0.05) is 24.3 Å². The van der Waals surface area contributed by atoms with E-state index < -0.39 is 35.9 Å². The van der Waals surface area contributed by atoms with Crippen LogP contribution in [-0.2, 0) is 17.5 Å². The van der Waals surface area contributed by atoms with Gasteiger partial charge in [0.05, 0.1) is 12.0 Å². The molecule has 1 saturated carbocycles. The predicted molar refractivity (Wildman–Crippen MR) is 122 cm³/mol. The van der Waals surface area contributed by atoms with Crippen LogP contribution < -0.4 is 4.74 Å². The average molecular weight is 518 g/mol. The second-order valence-corrected chi connectivity index (χ2v) is 9.93. The van der Waals surface area contributed by atoms with Gasteiger partial charge in [-0.2, -0.15) is 26.3 Å². The minimum Gasteiger partial charge on any atom is -0.490 e. The number of alkyl halides is 6. The number of rotatable bonds is 6. The molecule has 1 heterocycles. The van der Waals surface area contributed by atoms with E-state index in [1.54, 1.807) is 24.3 Å². The minimum absolute atomic E-state index is 0.0202. The molecular formula is C26H29F6NO3. The summed E-state index contributed by atoms with van der Waals surface area (Å²) in [6.45, 7) is 1.38. The van der Waals surface area contributed by atoms with Crippen LogP contribution in [0.4, 0.5) is 26.3 Å². The average Bonchev–Trinajstić information content (AvgIpc) is 2.78. The molecule has 2 fully saturated rings. The van der Waals surface area contributed by atoms with Gasteiger partial charge < -0.3 is 9.84 Å². The van der Waals surface area contributed by atoms with Gasteiger partial charge in [-0.25, -0.2) is 0 Å². The third-order valence-electron chi connectivity index (χ3n) is 7.27. The number of fused-ring (bicyclic) bond motifs is 1. The molecule has 1 N–H and O–H groups in total. The number of piperidine rings is 1. The molecule has 10 heteroatoms. The Hall–Kier alpha value is -2.49. The highest BCUT2D eigenvalue weighted by atomic mass is 19.4. The first-order valence-corrected chi connectivity index (χ1v) is 12.2. The molecule has 1 aliphatic carbocycles. The van der Waals surface area contributed by atoms with Crippen LogP contribution in [0.1, 0.15) is 56.1 Å². The standard InChI is InChI=1S/C26H29F6NO3/c27-25(28,29)19-7-9-20(10-8-19)36-21-11-6-17-4-1-5-18(23(17)24(21)26(30,31)32)15-33-12-2-3-16(14-33)13-22(34)35/h1,4-6,11,16,19-20H,2-3,7-10,12-15H2,(H,34,35)/t16-,19-,20+/m1/s1. The van der Waals surface area contributed by atoms with E-state index in [9.17, 15) is 31.1 Å². The molecule has 4 nitrogen and oxygen atoms in total. The molecular weight excluding hydrogens is 488 g/mol. The zero-order valence-corrected chi connectivity index (χ0v) is 19.7. The number of ether oxygens (including phenoxy) is 1. The van der Waals surface area contributed by atoms with Crippen molar-refractivity contribution >= 4 is 16.7 Å². The fourth-order valence-corrected chi connectivity index (χ4v) is 5.58. The number of carboxylic acids is 1. The van der Waals surface area contributed by atoms with Crippen LogP contribution in [0.3, 0.4) is 0 Å². The molecule has 2 aromatic carbocycles. The molecule has 1 atom stereocenters. The van der Waals surface area contributed by atoms with Gasteiger partial charge in [-0.15, -0.1) is 0 Å². The zero-order chi connectivity index (χ0) is 26.1. The summed E-state index contributed by atoms with van der Waals surface area (Å²) in [6, 6.07) is 7.73. The van der Waals surface area contributed by atoms with Crippen LogP contribution in [-0.4, -0.2) is 41.3 Å². The van der Waals surface area contributed by atoms with E-state index in [4.69, 9.17) is 9.84 Å². The van der Waals surface area contributed by atoms with E-state index in [0.29, 0.717) is 24.0 Å². The highest BCUT2D eigenvalue weighted by molar-refractivity contribution is 5.91. The predicted octanol–water partition coefficient (Wildman–Crippen LogP) is 7.05. The van der Waals surface area contributed by atoms with Crippen LogP contribution in [0.15, 0.2) is 30.3 Å². The summed E-state index contributed by atoms with van der Waals surface area (Å²) in [5, 5.41) is 9.53. The first kappa shape index (κ1) is 26.6. The molecule has 36 heavy (non-hydrogen) atoms. The number of likely N-dealkylation sites (tertiary alicyclic amines) is 1. The third-order valence-corrected chi connectivity index (χ3v) is 7.27. The van der Waals surface area contributed by atoms with Crippen LogP contribution in [0.5, 0.6) is 5.75 Å². The molecule has 0 spiro atoms. The molecule has 2 aromatic rings. The van der Waals surface area contributed by atoms with Crippen molar-refractivity contribution in [3.05, 3.63) is 41.5 Å². The van der Waals surface area contributed by atoms with Crippen LogP contribution in [0.25, 0.3) is 10.8 Å². The summed E-state index contributed by atoms with van der Waals surface area (Å²) >= 11 is 0. The molecule has 0 unspecified atom stereocenters. The largest absolute Gasteiger partial charge is 0.490 e. The van der Waals surface area contributed by atoms with Crippen molar-refractivity contribution in [2.24, 2.45) is 11.8 Å². The summed E-state index contributed by atoms with van der Waals surface area (Å²) in [6.07, 6.45) is -8.45. The molecule has 1 aliphatic heterocycles. The van der Waals surface area contributed by atoms with Gasteiger partial charge in [0.1, 0.15) is 11.3 Å². The fourth-order valence-electron chi connectivity index (χ4n) is 5.58. The molecule has 1 saturated heterocycles. The molecule has 2 aliphatic rings. The smallest absolute Gasteiger partial charge is 0.420 e. The number of hydrogen-bond acceptors (Lipinski definition) is 3. The number of carbonyl (C=O) groups is 1. The van der Waals surface area contributed by atoms with Gasteiger partial charge in [0.25, 0.3) is 0 Å².